The molecule has 2 aromatic rings. The maximum Gasteiger partial charge on any atom is 0.246 e. The molecule has 0 aliphatic carbocycles. The molecule has 1 N–H and O–H groups in total. The summed E-state index contributed by atoms with van der Waals surface area (Å²) in [6.07, 6.45) is 1.74. The summed E-state index contributed by atoms with van der Waals surface area (Å²) in [5.74, 6) is 0.404. The van der Waals surface area contributed by atoms with Gasteiger partial charge in [0.1, 0.15) is 10.6 Å². The third-order valence-corrected chi connectivity index (χ3v) is 6.08. The molecule has 146 valence electrons. The summed E-state index contributed by atoms with van der Waals surface area (Å²) in [7, 11) is -0.568. The summed E-state index contributed by atoms with van der Waals surface area (Å²) < 4.78 is 39.4. The van der Waals surface area contributed by atoms with Crippen LogP contribution in [0.4, 0.5) is 5.82 Å². The van der Waals surface area contributed by atoms with E-state index in [1.807, 2.05) is 0 Å². The molecule has 0 atom stereocenters. The molecular formula is C17H22N4O5S. The highest BCUT2D eigenvalue weighted by Gasteiger charge is 2.29. The Kier molecular flexibility index (Phi) is 5.78. The smallest absolute Gasteiger partial charge is 0.246 e. The molecule has 1 aliphatic rings. The van der Waals surface area contributed by atoms with Crippen LogP contribution in [0.2, 0.25) is 0 Å². The number of morpholine rings is 1. The molecule has 3 rings (SSSR count). The van der Waals surface area contributed by atoms with Gasteiger partial charge in [-0.05, 0) is 17.7 Å². The second-order valence-corrected chi connectivity index (χ2v) is 8.01. The van der Waals surface area contributed by atoms with Gasteiger partial charge in [-0.25, -0.2) is 8.42 Å². The van der Waals surface area contributed by atoms with Crippen molar-refractivity contribution in [2.45, 2.75) is 11.3 Å². The molecule has 1 amide bonds. The van der Waals surface area contributed by atoms with Gasteiger partial charge in [-0.2, -0.15) is 9.40 Å². The lowest BCUT2D eigenvalue weighted by Crippen LogP contribution is -2.40. The Morgan fingerprint density at radius 3 is 2.67 bits per heavy atom. The maximum atomic E-state index is 13.0. The Morgan fingerprint density at radius 1 is 1.30 bits per heavy atom. The number of carbonyl (C=O) groups is 1. The lowest BCUT2D eigenvalue weighted by atomic mass is 10.1. The van der Waals surface area contributed by atoms with E-state index in [1.54, 1.807) is 36.1 Å². The van der Waals surface area contributed by atoms with Crippen LogP contribution in [0.5, 0.6) is 5.75 Å². The minimum atomic E-state index is -3.74. The van der Waals surface area contributed by atoms with Crippen LogP contribution in [-0.4, -0.2) is 61.8 Å². The number of aromatic nitrogens is 2. The first kappa shape index (κ1) is 19.3. The molecule has 0 spiro atoms. The van der Waals surface area contributed by atoms with Crippen molar-refractivity contribution in [2.24, 2.45) is 7.05 Å². The van der Waals surface area contributed by atoms with Crippen molar-refractivity contribution in [1.82, 2.24) is 14.1 Å². The van der Waals surface area contributed by atoms with E-state index in [0.29, 0.717) is 24.6 Å². The summed E-state index contributed by atoms with van der Waals surface area (Å²) in [5, 5.41) is 6.77. The third kappa shape index (κ3) is 4.46. The number of rotatable bonds is 6. The molecule has 0 radical (unpaired) electrons. The van der Waals surface area contributed by atoms with Gasteiger partial charge < -0.3 is 14.8 Å². The van der Waals surface area contributed by atoms with Gasteiger partial charge in [0.15, 0.2) is 5.82 Å². The largest absolute Gasteiger partial charge is 0.495 e. The van der Waals surface area contributed by atoms with Gasteiger partial charge in [-0.1, -0.05) is 6.07 Å². The van der Waals surface area contributed by atoms with Gasteiger partial charge in [0, 0.05) is 32.4 Å². The van der Waals surface area contributed by atoms with Crippen LogP contribution in [0.15, 0.2) is 35.4 Å². The highest BCUT2D eigenvalue weighted by Crippen LogP contribution is 2.28. The Morgan fingerprint density at radius 2 is 2.04 bits per heavy atom. The summed E-state index contributed by atoms with van der Waals surface area (Å²) in [6, 6.07) is 6.41. The molecule has 2 heterocycles. The average Bonchev–Trinajstić information content (AvgIpc) is 3.07. The third-order valence-electron chi connectivity index (χ3n) is 4.16. The fourth-order valence-corrected chi connectivity index (χ4v) is 4.43. The number of aryl methyl sites for hydroxylation is 1. The van der Waals surface area contributed by atoms with Crippen molar-refractivity contribution in [3.05, 3.63) is 36.0 Å². The molecule has 0 bridgehead atoms. The van der Waals surface area contributed by atoms with Gasteiger partial charge in [-0.15, -0.1) is 0 Å². The van der Waals surface area contributed by atoms with Gasteiger partial charge in [0.2, 0.25) is 15.9 Å². The zero-order chi connectivity index (χ0) is 19.4. The number of carbonyl (C=O) groups excluding carboxylic acids is 1. The number of ether oxygens (including phenoxy) is 2. The number of anilines is 1. The molecule has 0 saturated carbocycles. The second-order valence-electron chi connectivity index (χ2n) is 6.10. The zero-order valence-corrected chi connectivity index (χ0v) is 16.0. The van der Waals surface area contributed by atoms with Crippen LogP contribution >= 0.6 is 0 Å². The number of amides is 1. The van der Waals surface area contributed by atoms with Crippen LogP contribution in [0.25, 0.3) is 0 Å². The second kappa shape index (κ2) is 8.07. The lowest BCUT2D eigenvalue weighted by Gasteiger charge is -2.26. The average molecular weight is 394 g/mol. The SMILES string of the molecule is COc1ccc(CC(=O)Nc2ccn(C)n2)cc1S(=O)(=O)N1CCOCC1. The van der Waals surface area contributed by atoms with Crippen molar-refractivity contribution in [3.63, 3.8) is 0 Å². The summed E-state index contributed by atoms with van der Waals surface area (Å²) >= 11 is 0. The molecule has 1 aromatic carbocycles. The molecule has 9 nitrogen and oxygen atoms in total. The minimum Gasteiger partial charge on any atom is -0.495 e. The van der Waals surface area contributed by atoms with E-state index in [-0.39, 0.29) is 36.1 Å². The minimum absolute atomic E-state index is 0.0200. The number of methoxy groups -OCH3 is 1. The van der Waals surface area contributed by atoms with E-state index in [0.717, 1.165) is 0 Å². The van der Waals surface area contributed by atoms with E-state index in [4.69, 9.17) is 9.47 Å². The van der Waals surface area contributed by atoms with Crippen LogP contribution in [0.1, 0.15) is 5.56 Å². The topological polar surface area (TPSA) is 103 Å². The lowest BCUT2D eigenvalue weighted by molar-refractivity contribution is -0.115. The Bertz CT molecular complexity index is 919. The van der Waals surface area contributed by atoms with E-state index in [1.165, 1.54) is 17.5 Å². The van der Waals surface area contributed by atoms with Gasteiger partial charge >= 0.3 is 0 Å². The Labute approximate surface area is 157 Å². The number of sulfonamides is 1. The number of hydrogen-bond donors (Lipinski definition) is 1. The first-order valence-electron chi connectivity index (χ1n) is 8.44. The summed E-state index contributed by atoms with van der Waals surface area (Å²) in [5.41, 5.74) is 0.566. The van der Waals surface area contributed by atoms with Crippen LogP contribution in [-0.2, 0) is 33.0 Å². The van der Waals surface area contributed by atoms with Crippen molar-refractivity contribution in [3.8, 4) is 5.75 Å². The molecule has 1 saturated heterocycles. The fraction of sp³-hybridized carbons (Fsp3) is 0.412. The standard InChI is InChI=1S/C17H22N4O5S/c1-20-6-5-16(19-20)18-17(22)12-13-3-4-14(25-2)15(11-13)27(23,24)21-7-9-26-10-8-21/h3-6,11H,7-10,12H2,1-2H3,(H,18,19,22). The summed E-state index contributed by atoms with van der Waals surface area (Å²) in [6.45, 7) is 1.28. The molecule has 1 aliphatic heterocycles. The quantitative estimate of drug-likeness (QED) is 0.771. The highest BCUT2D eigenvalue weighted by atomic mass is 32.2. The predicted molar refractivity (Wildman–Crippen MR) is 98.1 cm³/mol. The molecule has 10 heteroatoms. The number of benzene rings is 1. The van der Waals surface area contributed by atoms with E-state index < -0.39 is 10.0 Å². The molecule has 27 heavy (non-hydrogen) atoms. The van der Waals surface area contributed by atoms with Crippen molar-refractivity contribution in [1.29, 1.82) is 0 Å². The van der Waals surface area contributed by atoms with E-state index in [2.05, 4.69) is 10.4 Å². The summed E-state index contributed by atoms with van der Waals surface area (Å²) in [4.78, 5) is 12.3. The maximum absolute atomic E-state index is 13.0. The van der Waals surface area contributed by atoms with Crippen LogP contribution in [0.3, 0.4) is 0 Å². The Balaban J connectivity index is 1.81. The molecule has 0 unspecified atom stereocenters. The van der Waals surface area contributed by atoms with Crippen molar-refractivity contribution < 1.29 is 22.7 Å². The first-order valence-corrected chi connectivity index (χ1v) is 9.88. The van der Waals surface area contributed by atoms with Gasteiger partial charge in [-0.3, -0.25) is 9.48 Å². The molecule has 1 aromatic heterocycles. The van der Waals surface area contributed by atoms with E-state index >= 15 is 0 Å². The van der Waals surface area contributed by atoms with Crippen LogP contribution < -0.4 is 10.1 Å². The zero-order valence-electron chi connectivity index (χ0n) is 15.2. The molecule has 1 fully saturated rings. The van der Waals surface area contributed by atoms with E-state index in [9.17, 15) is 13.2 Å². The number of nitrogens with zero attached hydrogens (tertiary/aromatic N) is 3. The predicted octanol–water partition coefficient (Wildman–Crippen LogP) is 0.631. The van der Waals surface area contributed by atoms with Gasteiger partial charge in [0.25, 0.3) is 0 Å². The number of hydrogen-bond acceptors (Lipinski definition) is 6. The fourth-order valence-electron chi connectivity index (χ4n) is 2.81. The van der Waals surface area contributed by atoms with Crippen LogP contribution in [0, 0.1) is 0 Å². The first-order chi connectivity index (χ1) is 12.9. The highest BCUT2D eigenvalue weighted by molar-refractivity contribution is 7.89. The van der Waals surface area contributed by atoms with Crippen molar-refractivity contribution in [2.75, 3.05) is 38.7 Å². The molecular weight excluding hydrogens is 372 g/mol. The number of nitrogens with one attached hydrogen (secondary N) is 1. The van der Waals surface area contributed by atoms with Crippen molar-refractivity contribution >= 4 is 21.7 Å². The Hall–Kier alpha value is -2.43. The van der Waals surface area contributed by atoms with Gasteiger partial charge in [0.05, 0.1) is 26.7 Å². The monoisotopic (exact) mass is 394 g/mol. The normalized spacial score (nSPS) is 15.5.